The van der Waals surface area contributed by atoms with Gasteiger partial charge in [0.05, 0.1) is 18.2 Å². The second-order valence-corrected chi connectivity index (χ2v) is 5.76. The number of amides is 1. The molecule has 3 rings (SSSR count). The highest BCUT2D eigenvalue weighted by Crippen LogP contribution is 2.24. The minimum Gasteiger partial charge on any atom is -0.508 e. The summed E-state index contributed by atoms with van der Waals surface area (Å²) in [6.45, 7) is 1.93. The predicted molar refractivity (Wildman–Crippen MR) is 95.9 cm³/mol. The molecule has 2 aromatic carbocycles. The van der Waals surface area contributed by atoms with Gasteiger partial charge >= 0.3 is 0 Å². The van der Waals surface area contributed by atoms with Gasteiger partial charge < -0.3 is 9.84 Å². The molecular formula is C18H16N2O3S. The highest BCUT2D eigenvalue weighted by Gasteiger charge is 2.14. The SMILES string of the molecule is COc1ccccc1C(=O)Nn1c(=S)cc(C)c2ccc(O)cc21. The molecule has 0 atom stereocenters. The summed E-state index contributed by atoms with van der Waals surface area (Å²) in [5.74, 6) is 0.223. The monoisotopic (exact) mass is 340 g/mol. The fourth-order valence-corrected chi connectivity index (χ4v) is 2.91. The second-order valence-electron chi connectivity index (χ2n) is 5.34. The van der Waals surface area contributed by atoms with Gasteiger partial charge in [0, 0.05) is 11.5 Å². The van der Waals surface area contributed by atoms with E-state index in [1.165, 1.54) is 11.8 Å². The standard InChI is InChI=1S/C18H16N2O3S/c1-11-9-17(24)20(15-10-12(21)7-8-13(11)15)19-18(22)14-5-3-4-6-16(14)23-2/h3-10,21H,1-2H3,(H,19,22). The molecule has 5 nitrogen and oxygen atoms in total. The molecule has 0 radical (unpaired) electrons. The van der Waals surface area contributed by atoms with Gasteiger partial charge in [-0.2, -0.15) is 0 Å². The molecule has 0 bridgehead atoms. The Morgan fingerprint density at radius 2 is 1.96 bits per heavy atom. The van der Waals surface area contributed by atoms with Crippen molar-refractivity contribution < 1.29 is 14.6 Å². The van der Waals surface area contributed by atoms with E-state index in [2.05, 4.69) is 5.43 Å². The molecule has 1 aromatic heterocycles. The van der Waals surface area contributed by atoms with Crippen LogP contribution in [0.2, 0.25) is 0 Å². The van der Waals surface area contributed by atoms with Crippen molar-refractivity contribution in [1.29, 1.82) is 0 Å². The zero-order valence-corrected chi connectivity index (χ0v) is 14.1. The summed E-state index contributed by atoms with van der Waals surface area (Å²) >= 11 is 5.38. The van der Waals surface area contributed by atoms with Crippen LogP contribution in [0.3, 0.4) is 0 Å². The van der Waals surface area contributed by atoms with Crippen LogP contribution in [-0.2, 0) is 0 Å². The maximum Gasteiger partial charge on any atom is 0.273 e. The molecule has 0 fully saturated rings. The minimum absolute atomic E-state index is 0.0998. The normalized spacial score (nSPS) is 10.6. The number of phenols is 1. The molecule has 0 unspecified atom stereocenters. The van der Waals surface area contributed by atoms with Gasteiger partial charge in [-0.25, -0.2) is 4.68 Å². The smallest absolute Gasteiger partial charge is 0.273 e. The first-order valence-electron chi connectivity index (χ1n) is 7.31. The number of pyridine rings is 1. The van der Waals surface area contributed by atoms with E-state index in [4.69, 9.17) is 17.0 Å². The number of aryl methyl sites for hydroxylation is 1. The number of carbonyl (C=O) groups is 1. The summed E-state index contributed by atoms with van der Waals surface area (Å²) in [4.78, 5) is 12.6. The summed E-state index contributed by atoms with van der Waals surface area (Å²) in [6.07, 6.45) is 0. The zero-order chi connectivity index (χ0) is 17.3. The molecule has 3 aromatic rings. The Morgan fingerprint density at radius 3 is 2.71 bits per heavy atom. The first-order valence-corrected chi connectivity index (χ1v) is 7.72. The van der Waals surface area contributed by atoms with Crippen LogP contribution in [0.15, 0.2) is 48.5 Å². The van der Waals surface area contributed by atoms with Gasteiger partial charge in [0.15, 0.2) is 0 Å². The van der Waals surface area contributed by atoms with Crippen molar-refractivity contribution >= 4 is 29.0 Å². The number of phenolic OH excluding ortho intramolecular Hbond substituents is 1. The number of ether oxygens (including phenoxy) is 1. The van der Waals surface area contributed by atoms with Crippen molar-refractivity contribution in [2.45, 2.75) is 6.92 Å². The summed E-state index contributed by atoms with van der Waals surface area (Å²) in [6, 6.07) is 13.7. The summed E-state index contributed by atoms with van der Waals surface area (Å²) in [5.41, 5.74) is 4.78. The Bertz CT molecular complexity index is 995. The highest BCUT2D eigenvalue weighted by atomic mass is 32.1. The van der Waals surface area contributed by atoms with Crippen LogP contribution in [0.1, 0.15) is 15.9 Å². The van der Waals surface area contributed by atoms with Crippen LogP contribution in [-0.4, -0.2) is 22.8 Å². The van der Waals surface area contributed by atoms with Gasteiger partial charge in [0.25, 0.3) is 5.91 Å². The van der Waals surface area contributed by atoms with Crippen molar-refractivity contribution in [2.75, 3.05) is 12.5 Å². The van der Waals surface area contributed by atoms with Gasteiger partial charge in [-0.15, -0.1) is 0 Å². The zero-order valence-electron chi connectivity index (χ0n) is 13.2. The van der Waals surface area contributed by atoms with Gasteiger partial charge in [0.1, 0.15) is 16.1 Å². The number of benzene rings is 2. The number of hydrogen-bond donors (Lipinski definition) is 2. The molecule has 0 aliphatic carbocycles. The lowest BCUT2D eigenvalue weighted by molar-refractivity contribution is 0.100. The number of aromatic hydroxyl groups is 1. The van der Waals surface area contributed by atoms with E-state index in [-0.39, 0.29) is 11.7 Å². The lowest BCUT2D eigenvalue weighted by Gasteiger charge is -2.15. The summed E-state index contributed by atoms with van der Waals surface area (Å²) in [7, 11) is 1.51. The van der Waals surface area contributed by atoms with Crippen molar-refractivity contribution in [3.05, 3.63) is 64.3 Å². The minimum atomic E-state index is -0.350. The second kappa shape index (κ2) is 6.33. The quantitative estimate of drug-likeness (QED) is 0.712. The lowest BCUT2D eigenvalue weighted by Crippen LogP contribution is -2.24. The average molecular weight is 340 g/mol. The van der Waals surface area contributed by atoms with E-state index >= 15 is 0 Å². The van der Waals surface area contributed by atoms with Crippen molar-refractivity contribution in [3.8, 4) is 11.5 Å². The molecular weight excluding hydrogens is 324 g/mol. The van der Waals surface area contributed by atoms with Crippen molar-refractivity contribution in [3.63, 3.8) is 0 Å². The van der Waals surface area contributed by atoms with Crippen LogP contribution in [0.5, 0.6) is 11.5 Å². The van der Waals surface area contributed by atoms with Gasteiger partial charge in [-0.05, 0) is 42.8 Å². The van der Waals surface area contributed by atoms with E-state index < -0.39 is 0 Å². The van der Waals surface area contributed by atoms with Crippen molar-refractivity contribution in [1.82, 2.24) is 4.68 Å². The van der Waals surface area contributed by atoms with Crippen LogP contribution in [0.4, 0.5) is 0 Å². The van der Waals surface area contributed by atoms with E-state index in [0.29, 0.717) is 21.5 Å². The molecule has 1 heterocycles. The van der Waals surface area contributed by atoms with Crippen LogP contribution in [0, 0.1) is 11.6 Å². The number of aromatic nitrogens is 1. The summed E-state index contributed by atoms with van der Waals surface area (Å²) in [5, 5.41) is 10.7. The number of rotatable bonds is 3. The molecule has 0 aliphatic rings. The predicted octanol–water partition coefficient (Wildman–Crippen LogP) is 3.78. The highest BCUT2D eigenvalue weighted by molar-refractivity contribution is 7.71. The van der Waals surface area contributed by atoms with Crippen LogP contribution in [0.25, 0.3) is 10.9 Å². The van der Waals surface area contributed by atoms with Crippen LogP contribution < -0.4 is 10.2 Å². The number of hydrogen-bond acceptors (Lipinski definition) is 4. The Hall–Kier alpha value is -2.86. The molecule has 0 saturated carbocycles. The Kier molecular flexibility index (Phi) is 4.22. The first kappa shape index (κ1) is 16.0. The number of carbonyl (C=O) groups excluding carboxylic acids is 1. The third kappa shape index (κ3) is 2.83. The topological polar surface area (TPSA) is 63.5 Å². The molecule has 0 saturated heterocycles. The largest absolute Gasteiger partial charge is 0.508 e. The number of methoxy groups -OCH3 is 1. The molecule has 0 aliphatic heterocycles. The molecule has 1 amide bonds. The molecule has 122 valence electrons. The fraction of sp³-hybridized carbons (Fsp3) is 0.111. The fourth-order valence-electron chi connectivity index (χ4n) is 2.59. The Labute approximate surface area is 144 Å². The van der Waals surface area contributed by atoms with E-state index in [1.54, 1.807) is 48.5 Å². The third-order valence-electron chi connectivity index (χ3n) is 3.77. The Balaban J connectivity index is 2.12. The van der Waals surface area contributed by atoms with E-state index in [1.807, 2.05) is 6.92 Å². The Morgan fingerprint density at radius 1 is 1.21 bits per heavy atom. The van der Waals surface area contributed by atoms with E-state index in [0.717, 1.165) is 10.9 Å². The third-order valence-corrected chi connectivity index (χ3v) is 4.07. The number of fused-ring (bicyclic) bond motifs is 1. The maximum absolute atomic E-state index is 12.6. The molecule has 24 heavy (non-hydrogen) atoms. The summed E-state index contributed by atoms with van der Waals surface area (Å²) < 4.78 is 7.15. The number of nitrogens with one attached hydrogen (secondary N) is 1. The number of nitrogens with zero attached hydrogens (tertiary/aromatic N) is 1. The average Bonchev–Trinajstić information content (AvgIpc) is 2.58. The van der Waals surface area contributed by atoms with Gasteiger partial charge in [-0.3, -0.25) is 10.2 Å². The van der Waals surface area contributed by atoms with Gasteiger partial charge in [-0.1, -0.05) is 24.4 Å². The molecule has 6 heteroatoms. The lowest BCUT2D eigenvalue weighted by atomic mass is 10.1. The maximum atomic E-state index is 12.6. The number of para-hydroxylation sites is 1. The molecule has 0 spiro atoms. The van der Waals surface area contributed by atoms with Crippen LogP contribution >= 0.6 is 12.2 Å². The van der Waals surface area contributed by atoms with E-state index in [9.17, 15) is 9.90 Å². The van der Waals surface area contributed by atoms with Gasteiger partial charge in [0.2, 0.25) is 0 Å². The first-order chi connectivity index (χ1) is 11.5. The van der Waals surface area contributed by atoms with Crippen molar-refractivity contribution in [2.24, 2.45) is 0 Å². The molecule has 2 N–H and O–H groups in total.